The van der Waals surface area contributed by atoms with Gasteiger partial charge in [-0.25, -0.2) is 9.38 Å². The molecule has 0 aliphatic carbocycles. The summed E-state index contributed by atoms with van der Waals surface area (Å²) in [6, 6.07) is 8.41. The van der Waals surface area contributed by atoms with Crippen LogP contribution in [-0.2, 0) is 6.54 Å². The molecular weight excluding hydrogens is 415 g/mol. The van der Waals surface area contributed by atoms with Crippen LogP contribution >= 0.6 is 15.9 Å². The molecule has 6 nitrogen and oxygen atoms in total. The normalized spacial score (nSPS) is 15.1. The van der Waals surface area contributed by atoms with E-state index in [9.17, 15) is 9.18 Å². The number of amides is 1. The maximum atomic E-state index is 13.7. The number of piperazine rings is 1. The summed E-state index contributed by atoms with van der Waals surface area (Å²) in [6.07, 6.45) is 1.50. The average Bonchev–Trinajstić information content (AvgIpc) is 3.22. The van der Waals surface area contributed by atoms with E-state index in [0.717, 1.165) is 18.1 Å². The first-order valence-electron chi connectivity index (χ1n) is 8.88. The average molecular weight is 437 g/mol. The van der Waals surface area contributed by atoms with E-state index in [1.807, 2.05) is 13.0 Å². The molecule has 1 aliphatic rings. The third-order valence-electron chi connectivity index (χ3n) is 4.33. The van der Waals surface area contributed by atoms with Crippen LogP contribution in [0.3, 0.4) is 0 Å². The van der Waals surface area contributed by atoms with Crippen LogP contribution in [0, 0.1) is 5.82 Å². The van der Waals surface area contributed by atoms with Crippen molar-refractivity contribution in [3.63, 3.8) is 0 Å². The topological polar surface area (TPSA) is 61.1 Å². The van der Waals surface area contributed by atoms with Crippen molar-refractivity contribution in [2.45, 2.75) is 13.5 Å². The minimum atomic E-state index is -0.294. The highest BCUT2D eigenvalue weighted by Gasteiger charge is 2.25. The Morgan fingerprint density at radius 3 is 2.63 bits per heavy atom. The highest BCUT2D eigenvalue weighted by molar-refractivity contribution is 9.10. The standard InChI is InChI=1S/C19H22BrFN4O2/c1-2-22-19(23-13-14-5-6-15(20)16(21)12-14)25-9-7-24(8-10-25)18(26)17-4-3-11-27-17/h3-6,11-12H,2,7-10,13H2,1H3,(H,22,23). The Bertz CT molecular complexity index is 802. The molecule has 0 bridgehead atoms. The number of furan rings is 1. The van der Waals surface area contributed by atoms with E-state index in [4.69, 9.17) is 4.42 Å². The number of nitrogens with one attached hydrogen (secondary N) is 1. The van der Waals surface area contributed by atoms with E-state index in [1.165, 1.54) is 12.3 Å². The molecule has 0 atom stereocenters. The molecule has 1 fully saturated rings. The maximum absolute atomic E-state index is 13.7. The van der Waals surface area contributed by atoms with Crippen molar-refractivity contribution in [3.05, 3.63) is 58.2 Å². The fourth-order valence-electron chi connectivity index (χ4n) is 2.91. The molecule has 144 valence electrons. The van der Waals surface area contributed by atoms with E-state index in [2.05, 4.69) is 31.1 Å². The number of guanidine groups is 1. The molecule has 1 saturated heterocycles. The SMILES string of the molecule is CCNC(=NCc1ccc(Br)c(F)c1)N1CCN(C(=O)c2ccco2)CC1. The van der Waals surface area contributed by atoms with E-state index in [-0.39, 0.29) is 11.7 Å². The molecule has 0 radical (unpaired) electrons. The zero-order valence-corrected chi connectivity index (χ0v) is 16.7. The van der Waals surface area contributed by atoms with Crippen LogP contribution in [0.15, 0.2) is 50.5 Å². The van der Waals surface area contributed by atoms with E-state index >= 15 is 0 Å². The van der Waals surface area contributed by atoms with Gasteiger partial charge in [0.05, 0.1) is 17.3 Å². The Labute approximate surface area is 166 Å². The summed E-state index contributed by atoms with van der Waals surface area (Å²) in [5.74, 6) is 0.747. The van der Waals surface area contributed by atoms with Crippen molar-refractivity contribution in [3.8, 4) is 0 Å². The van der Waals surface area contributed by atoms with Gasteiger partial charge in [0.1, 0.15) is 5.82 Å². The molecule has 1 aromatic carbocycles. The van der Waals surface area contributed by atoms with Crippen molar-refractivity contribution in [1.29, 1.82) is 0 Å². The van der Waals surface area contributed by atoms with Gasteiger partial charge in [0.2, 0.25) is 0 Å². The number of nitrogens with zero attached hydrogens (tertiary/aromatic N) is 3. The van der Waals surface area contributed by atoms with Gasteiger partial charge in [0.25, 0.3) is 5.91 Å². The molecule has 1 amide bonds. The number of hydrogen-bond donors (Lipinski definition) is 1. The molecule has 1 N–H and O–H groups in total. The minimum Gasteiger partial charge on any atom is -0.459 e. The summed E-state index contributed by atoms with van der Waals surface area (Å²) >= 11 is 3.16. The quantitative estimate of drug-likeness (QED) is 0.590. The van der Waals surface area contributed by atoms with Crippen LogP contribution < -0.4 is 5.32 Å². The van der Waals surface area contributed by atoms with Crippen LogP contribution in [0.5, 0.6) is 0 Å². The van der Waals surface area contributed by atoms with Crippen LogP contribution in [0.25, 0.3) is 0 Å². The highest BCUT2D eigenvalue weighted by Crippen LogP contribution is 2.17. The van der Waals surface area contributed by atoms with Gasteiger partial charge in [-0.1, -0.05) is 6.07 Å². The predicted molar refractivity (Wildman–Crippen MR) is 105 cm³/mol. The number of halogens is 2. The summed E-state index contributed by atoms with van der Waals surface area (Å²) in [7, 11) is 0. The van der Waals surface area contributed by atoms with E-state index in [1.54, 1.807) is 23.1 Å². The first-order valence-corrected chi connectivity index (χ1v) is 9.67. The molecule has 0 saturated carbocycles. The van der Waals surface area contributed by atoms with Gasteiger partial charge in [-0.05, 0) is 52.7 Å². The van der Waals surface area contributed by atoms with Gasteiger partial charge in [0, 0.05) is 32.7 Å². The second kappa shape index (κ2) is 9.03. The second-order valence-electron chi connectivity index (χ2n) is 6.18. The predicted octanol–water partition coefficient (Wildman–Crippen LogP) is 3.10. The van der Waals surface area contributed by atoms with Crippen LogP contribution in [0.4, 0.5) is 4.39 Å². The van der Waals surface area contributed by atoms with Gasteiger partial charge < -0.3 is 19.5 Å². The summed E-state index contributed by atoms with van der Waals surface area (Å²) in [6.45, 7) is 5.66. The molecule has 27 heavy (non-hydrogen) atoms. The zero-order valence-electron chi connectivity index (χ0n) is 15.1. The third kappa shape index (κ3) is 4.88. The lowest BCUT2D eigenvalue weighted by Gasteiger charge is -2.36. The molecule has 2 heterocycles. The molecular formula is C19H22BrFN4O2. The number of rotatable bonds is 4. The van der Waals surface area contributed by atoms with Gasteiger partial charge in [-0.2, -0.15) is 0 Å². The molecule has 0 spiro atoms. The van der Waals surface area contributed by atoms with Crippen molar-refractivity contribution in [1.82, 2.24) is 15.1 Å². The Morgan fingerprint density at radius 1 is 1.26 bits per heavy atom. The van der Waals surface area contributed by atoms with E-state index in [0.29, 0.717) is 43.0 Å². The van der Waals surface area contributed by atoms with Crippen molar-refractivity contribution < 1.29 is 13.6 Å². The lowest BCUT2D eigenvalue weighted by molar-refractivity contribution is 0.0657. The number of aliphatic imine (C=N–C) groups is 1. The Kier molecular flexibility index (Phi) is 6.49. The van der Waals surface area contributed by atoms with E-state index < -0.39 is 0 Å². The molecule has 3 rings (SSSR count). The number of carbonyl (C=O) groups excluding carboxylic acids is 1. The zero-order chi connectivity index (χ0) is 19.2. The lowest BCUT2D eigenvalue weighted by Crippen LogP contribution is -2.53. The second-order valence-corrected chi connectivity index (χ2v) is 7.03. The van der Waals surface area contributed by atoms with Crippen LogP contribution in [0.2, 0.25) is 0 Å². The van der Waals surface area contributed by atoms with Crippen molar-refractivity contribution in [2.24, 2.45) is 4.99 Å². The minimum absolute atomic E-state index is 0.0908. The summed E-state index contributed by atoms with van der Waals surface area (Å²) in [5.41, 5.74) is 0.803. The van der Waals surface area contributed by atoms with Crippen molar-refractivity contribution in [2.75, 3.05) is 32.7 Å². The molecule has 0 unspecified atom stereocenters. The van der Waals surface area contributed by atoms with Gasteiger partial charge in [0.15, 0.2) is 11.7 Å². The van der Waals surface area contributed by atoms with Crippen LogP contribution in [0.1, 0.15) is 23.0 Å². The summed E-state index contributed by atoms with van der Waals surface area (Å²) < 4.78 is 19.3. The van der Waals surface area contributed by atoms with Gasteiger partial charge >= 0.3 is 0 Å². The van der Waals surface area contributed by atoms with Crippen LogP contribution in [-0.4, -0.2) is 54.4 Å². The number of carbonyl (C=O) groups is 1. The first-order chi connectivity index (χ1) is 13.1. The first kappa shape index (κ1) is 19.4. The summed E-state index contributed by atoms with van der Waals surface area (Å²) in [4.78, 5) is 20.9. The fraction of sp³-hybridized carbons (Fsp3) is 0.368. The van der Waals surface area contributed by atoms with Gasteiger partial charge in [-0.3, -0.25) is 4.79 Å². The highest BCUT2D eigenvalue weighted by atomic mass is 79.9. The smallest absolute Gasteiger partial charge is 0.289 e. The fourth-order valence-corrected chi connectivity index (χ4v) is 3.15. The Balaban J connectivity index is 1.62. The molecule has 8 heteroatoms. The molecule has 1 aliphatic heterocycles. The summed E-state index contributed by atoms with van der Waals surface area (Å²) in [5, 5.41) is 3.27. The van der Waals surface area contributed by atoms with Gasteiger partial charge in [-0.15, -0.1) is 0 Å². The number of benzene rings is 1. The largest absolute Gasteiger partial charge is 0.459 e. The molecule has 1 aromatic heterocycles. The monoisotopic (exact) mass is 436 g/mol. The molecule has 2 aromatic rings. The van der Waals surface area contributed by atoms with Crippen molar-refractivity contribution >= 4 is 27.8 Å². The Hall–Kier alpha value is -2.35. The Morgan fingerprint density at radius 2 is 2.00 bits per heavy atom. The number of hydrogen-bond acceptors (Lipinski definition) is 3. The maximum Gasteiger partial charge on any atom is 0.289 e. The lowest BCUT2D eigenvalue weighted by atomic mass is 10.2. The third-order valence-corrected chi connectivity index (χ3v) is 4.97.